The maximum Gasteiger partial charge on any atom is 0.358 e. The Morgan fingerprint density at radius 3 is 2.17 bits per heavy atom. The van der Waals surface area contributed by atoms with Crippen LogP contribution in [0.15, 0.2) is 48.5 Å². The lowest BCUT2D eigenvalue weighted by Gasteiger charge is -2.02. The zero-order valence-electron chi connectivity index (χ0n) is 11.9. The Kier molecular flexibility index (Phi) is 4.21. The monoisotopic (exact) mass is 325 g/mol. The van der Waals surface area contributed by atoms with Crippen molar-refractivity contribution in [3.63, 3.8) is 0 Å². The number of aromatic carboxylic acids is 1. The third kappa shape index (κ3) is 3.46. The fourth-order valence-corrected chi connectivity index (χ4v) is 2.24. The van der Waals surface area contributed by atoms with Crippen molar-refractivity contribution in [3.8, 4) is 11.1 Å². The van der Waals surface area contributed by atoms with E-state index < -0.39 is 5.97 Å². The van der Waals surface area contributed by atoms with Gasteiger partial charge in [-0.05, 0) is 34.9 Å². The Hall–Kier alpha value is -2.92. The van der Waals surface area contributed by atoms with Gasteiger partial charge in [0.2, 0.25) is 0 Å². The van der Waals surface area contributed by atoms with Crippen LogP contribution in [0.1, 0.15) is 21.7 Å². The van der Waals surface area contributed by atoms with E-state index in [0.717, 1.165) is 16.7 Å². The van der Waals surface area contributed by atoms with Crippen molar-refractivity contribution >= 4 is 29.7 Å². The summed E-state index contributed by atoms with van der Waals surface area (Å²) in [6.07, 6.45) is 3.40. The van der Waals surface area contributed by atoms with E-state index in [1.807, 2.05) is 48.5 Å². The van der Waals surface area contributed by atoms with Crippen LogP contribution in [0.3, 0.4) is 0 Å². The molecule has 6 heteroatoms. The van der Waals surface area contributed by atoms with Crippen LogP contribution in [0.2, 0.25) is 5.02 Å². The molecule has 1 heterocycles. The van der Waals surface area contributed by atoms with Crippen LogP contribution in [-0.4, -0.2) is 26.5 Å². The number of aromatic nitrogens is 3. The van der Waals surface area contributed by atoms with Gasteiger partial charge in [0.15, 0.2) is 5.69 Å². The number of carboxylic acids is 1. The molecule has 1 aromatic heterocycles. The molecule has 0 unspecified atom stereocenters. The number of carbonyl (C=O) groups is 1. The van der Waals surface area contributed by atoms with Crippen molar-refractivity contribution in [2.24, 2.45) is 0 Å². The lowest BCUT2D eigenvalue weighted by atomic mass is 10.0. The van der Waals surface area contributed by atoms with E-state index in [4.69, 9.17) is 16.7 Å². The van der Waals surface area contributed by atoms with E-state index >= 15 is 0 Å². The lowest BCUT2D eigenvalue weighted by Crippen LogP contribution is -1.98. The predicted molar refractivity (Wildman–Crippen MR) is 89.2 cm³/mol. The summed E-state index contributed by atoms with van der Waals surface area (Å²) in [5.74, 6) is -1.11. The molecular formula is C17H12ClN3O2. The minimum Gasteiger partial charge on any atom is -0.476 e. The second-order valence-corrected chi connectivity index (χ2v) is 5.26. The summed E-state index contributed by atoms with van der Waals surface area (Å²) < 4.78 is 0. The van der Waals surface area contributed by atoms with Crippen LogP contribution < -0.4 is 0 Å². The quantitative estimate of drug-likeness (QED) is 0.760. The highest BCUT2D eigenvalue weighted by Gasteiger charge is 2.12. The van der Waals surface area contributed by atoms with Gasteiger partial charge in [0.05, 0.1) is 0 Å². The Labute approximate surface area is 137 Å². The second-order valence-electron chi connectivity index (χ2n) is 4.82. The maximum absolute atomic E-state index is 11.0. The molecule has 0 saturated heterocycles. The molecule has 0 amide bonds. The van der Waals surface area contributed by atoms with E-state index in [1.54, 1.807) is 12.2 Å². The number of aromatic amines is 1. The first-order valence-corrected chi connectivity index (χ1v) is 7.19. The molecule has 5 nitrogen and oxygen atoms in total. The first kappa shape index (κ1) is 15.0. The zero-order valence-corrected chi connectivity index (χ0v) is 12.7. The van der Waals surface area contributed by atoms with Gasteiger partial charge in [0.1, 0.15) is 5.69 Å². The van der Waals surface area contributed by atoms with Crippen molar-refractivity contribution < 1.29 is 9.90 Å². The number of carboxylic acid groups (broad SMARTS) is 1. The van der Waals surface area contributed by atoms with Gasteiger partial charge in [0, 0.05) is 5.02 Å². The molecule has 0 fully saturated rings. The smallest absolute Gasteiger partial charge is 0.358 e. The number of hydrogen-bond donors (Lipinski definition) is 2. The predicted octanol–water partition coefficient (Wildman–Crippen LogP) is 3.99. The molecule has 2 N–H and O–H groups in total. The molecule has 0 saturated carbocycles. The number of benzene rings is 2. The van der Waals surface area contributed by atoms with Gasteiger partial charge < -0.3 is 5.11 Å². The molecule has 3 rings (SSSR count). The number of nitrogens with one attached hydrogen (secondary N) is 1. The van der Waals surface area contributed by atoms with Gasteiger partial charge in [-0.15, -0.1) is 5.10 Å². The molecule has 2 aromatic carbocycles. The van der Waals surface area contributed by atoms with Crippen molar-refractivity contribution in [1.29, 1.82) is 0 Å². The highest BCUT2D eigenvalue weighted by atomic mass is 35.5. The molecule has 0 aliphatic carbocycles. The highest BCUT2D eigenvalue weighted by Crippen LogP contribution is 2.22. The van der Waals surface area contributed by atoms with Crippen molar-refractivity contribution in [3.05, 3.63) is 70.5 Å². The highest BCUT2D eigenvalue weighted by molar-refractivity contribution is 6.30. The van der Waals surface area contributed by atoms with Crippen LogP contribution in [0.4, 0.5) is 0 Å². The Morgan fingerprint density at radius 1 is 0.957 bits per heavy atom. The van der Waals surface area contributed by atoms with Crippen molar-refractivity contribution in [1.82, 2.24) is 15.4 Å². The average molecular weight is 326 g/mol. The van der Waals surface area contributed by atoms with E-state index in [9.17, 15) is 4.79 Å². The molecule has 0 atom stereocenters. The molecule has 0 radical (unpaired) electrons. The van der Waals surface area contributed by atoms with Crippen LogP contribution in [0.25, 0.3) is 23.3 Å². The third-order valence-corrected chi connectivity index (χ3v) is 3.55. The maximum atomic E-state index is 11.0. The van der Waals surface area contributed by atoms with E-state index in [0.29, 0.717) is 10.7 Å². The summed E-state index contributed by atoms with van der Waals surface area (Å²) in [6, 6.07) is 15.5. The fraction of sp³-hybridized carbons (Fsp3) is 0. The van der Waals surface area contributed by atoms with Gasteiger partial charge in [-0.25, -0.2) is 4.79 Å². The number of hydrogen-bond acceptors (Lipinski definition) is 3. The van der Waals surface area contributed by atoms with Crippen molar-refractivity contribution in [2.45, 2.75) is 0 Å². The number of nitrogens with zero attached hydrogens (tertiary/aromatic N) is 2. The van der Waals surface area contributed by atoms with Gasteiger partial charge in [0.25, 0.3) is 0 Å². The van der Waals surface area contributed by atoms with Gasteiger partial charge >= 0.3 is 5.97 Å². The fourth-order valence-electron chi connectivity index (χ4n) is 2.12. The average Bonchev–Trinajstić information content (AvgIpc) is 3.03. The number of H-pyrrole nitrogens is 1. The van der Waals surface area contributed by atoms with Crippen LogP contribution in [0.5, 0.6) is 0 Å². The summed E-state index contributed by atoms with van der Waals surface area (Å²) in [5, 5.41) is 19.4. The topological polar surface area (TPSA) is 78.9 Å². The molecule has 114 valence electrons. The first-order chi connectivity index (χ1) is 11.1. The normalized spacial score (nSPS) is 11.0. The summed E-state index contributed by atoms with van der Waals surface area (Å²) in [4.78, 5) is 11.0. The van der Waals surface area contributed by atoms with Gasteiger partial charge in [-0.1, -0.05) is 54.1 Å². The molecule has 0 aliphatic rings. The second kappa shape index (κ2) is 6.46. The number of halogens is 1. The minimum absolute atomic E-state index is 0.0981. The summed E-state index contributed by atoms with van der Waals surface area (Å²) >= 11 is 5.88. The lowest BCUT2D eigenvalue weighted by molar-refractivity contribution is 0.0690. The molecule has 0 bridgehead atoms. The Balaban J connectivity index is 1.79. The molecule has 3 aromatic rings. The molecule has 23 heavy (non-hydrogen) atoms. The standard InChI is InChI=1S/C17H12ClN3O2/c18-14-8-6-13(7-9-14)12-4-1-11(2-5-12)3-10-15-16(17(22)23)20-21-19-15/h1-10H,(H,22,23)(H,19,20,21)/b10-3+. The Morgan fingerprint density at radius 2 is 1.57 bits per heavy atom. The Bertz CT molecular complexity index is 852. The molecule has 0 aliphatic heterocycles. The minimum atomic E-state index is -1.11. The summed E-state index contributed by atoms with van der Waals surface area (Å²) in [6.45, 7) is 0. The third-order valence-electron chi connectivity index (χ3n) is 3.30. The summed E-state index contributed by atoms with van der Waals surface area (Å²) in [7, 11) is 0. The summed E-state index contributed by atoms with van der Waals surface area (Å²) in [5.41, 5.74) is 3.28. The van der Waals surface area contributed by atoms with Crippen molar-refractivity contribution in [2.75, 3.05) is 0 Å². The van der Waals surface area contributed by atoms with Gasteiger partial charge in [-0.3, -0.25) is 0 Å². The number of rotatable bonds is 4. The van der Waals surface area contributed by atoms with Crippen LogP contribution >= 0.6 is 11.6 Å². The van der Waals surface area contributed by atoms with E-state index in [1.165, 1.54) is 0 Å². The van der Waals surface area contributed by atoms with Gasteiger partial charge in [-0.2, -0.15) is 10.3 Å². The first-order valence-electron chi connectivity index (χ1n) is 6.81. The van der Waals surface area contributed by atoms with E-state index in [2.05, 4.69) is 15.4 Å². The van der Waals surface area contributed by atoms with Crippen LogP contribution in [-0.2, 0) is 0 Å². The zero-order chi connectivity index (χ0) is 16.2. The molecular weight excluding hydrogens is 314 g/mol. The largest absolute Gasteiger partial charge is 0.476 e. The van der Waals surface area contributed by atoms with E-state index in [-0.39, 0.29) is 5.69 Å². The molecule has 0 spiro atoms. The SMILES string of the molecule is O=C(O)c1n[nH]nc1/C=C/c1ccc(-c2ccc(Cl)cc2)cc1. The van der Waals surface area contributed by atoms with Crippen LogP contribution in [0, 0.1) is 0 Å².